The Bertz CT molecular complexity index is 653. The van der Waals surface area contributed by atoms with Crippen LogP contribution in [0.1, 0.15) is 72.1 Å². The van der Waals surface area contributed by atoms with Crippen molar-refractivity contribution in [1.29, 1.82) is 0 Å². The lowest BCUT2D eigenvalue weighted by Gasteiger charge is -2.44. The molecule has 2 N–H and O–H groups in total. The molecule has 0 bridgehead atoms. The normalized spacial score (nSPS) is 27.8. The summed E-state index contributed by atoms with van der Waals surface area (Å²) in [5.41, 5.74) is 2.10. The molecule has 0 aromatic heterocycles. The van der Waals surface area contributed by atoms with Crippen molar-refractivity contribution >= 4 is 22.0 Å². The molecule has 0 amide bonds. The van der Waals surface area contributed by atoms with Crippen molar-refractivity contribution in [2.45, 2.75) is 78.2 Å². The van der Waals surface area contributed by atoms with Crippen LogP contribution >= 0.6 is 15.9 Å². The molecule has 0 spiro atoms. The predicted octanol–water partition coefficient (Wildman–Crippen LogP) is 6.45. The number of unbranched alkanes of at least 4 members (excludes halogenated alkanes) is 2. The highest BCUT2D eigenvalue weighted by atomic mass is 79.9. The van der Waals surface area contributed by atoms with Crippen molar-refractivity contribution in [3.63, 3.8) is 0 Å². The molecule has 29 heavy (non-hydrogen) atoms. The highest BCUT2D eigenvalue weighted by molar-refractivity contribution is 9.09. The second-order valence-corrected chi connectivity index (χ2v) is 9.35. The monoisotopic (exact) mass is 466 g/mol. The molecular weight excluding hydrogens is 428 g/mol. The van der Waals surface area contributed by atoms with Gasteiger partial charge < -0.3 is 15.2 Å². The Morgan fingerprint density at radius 2 is 2.14 bits per heavy atom. The third kappa shape index (κ3) is 6.37. The fourth-order valence-electron chi connectivity index (χ4n) is 4.32. The zero-order valence-electron chi connectivity index (χ0n) is 18.6. The molecule has 0 aliphatic heterocycles. The highest BCUT2D eigenvalue weighted by Crippen LogP contribution is 2.48. The molecule has 0 heterocycles. The SMILES string of the molecule is CCCCCC1=CC(OC(=NC)NCCCBr)C(C)([C@@H]2C=C(C)CCC2)C(O)=C1. The van der Waals surface area contributed by atoms with Gasteiger partial charge in [-0.25, -0.2) is 4.99 Å². The molecule has 5 heteroatoms. The van der Waals surface area contributed by atoms with E-state index in [2.05, 4.69) is 59.2 Å². The second kappa shape index (κ2) is 11.8. The number of aliphatic hydroxyl groups excluding tert-OH is 1. The lowest BCUT2D eigenvalue weighted by molar-refractivity contribution is 0.0336. The third-order valence-electron chi connectivity index (χ3n) is 6.27. The summed E-state index contributed by atoms with van der Waals surface area (Å²) in [5.74, 6) is 0.704. The number of nitrogens with zero attached hydrogens (tertiary/aromatic N) is 1. The Balaban J connectivity index is 2.29. The van der Waals surface area contributed by atoms with E-state index >= 15 is 0 Å². The number of amidine groups is 1. The van der Waals surface area contributed by atoms with E-state index in [-0.39, 0.29) is 12.0 Å². The molecule has 0 saturated carbocycles. The summed E-state index contributed by atoms with van der Waals surface area (Å²) in [5, 5.41) is 15.4. The summed E-state index contributed by atoms with van der Waals surface area (Å²) >= 11 is 3.46. The van der Waals surface area contributed by atoms with E-state index < -0.39 is 5.41 Å². The van der Waals surface area contributed by atoms with Gasteiger partial charge in [0.25, 0.3) is 6.02 Å². The van der Waals surface area contributed by atoms with E-state index in [0.717, 1.165) is 50.4 Å². The lowest BCUT2D eigenvalue weighted by atomic mass is 9.64. The maximum Gasteiger partial charge on any atom is 0.284 e. The number of hydrogen-bond acceptors (Lipinski definition) is 3. The fourth-order valence-corrected chi connectivity index (χ4v) is 4.60. The van der Waals surface area contributed by atoms with Gasteiger partial charge in [0.05, 0.1) is 5.41 Å². The second-order valence-electron chi connectivity index (χ2n) is 8.56. The summed E-state index contributed by atoms with van der Waals surface area (Å²) < 4.78 is 6.42. The molecule has 0 radical (unpaired) electrons. The topological polar surface area (TPSA) is 53.8 Å². The number of ether oxygens (including phenoxy) is 1. The number of hydrogen-bond donors (Lipinski definition) is 2. The van der Waals surface area contributed by atoms with Gasteiger partial charge in [-0.3, -0.25) is 0 Å². The molecule has 3 atom stereocenters. The minimum absolute atomic E-state index is 0.244. The van der Waals surface area contributed by atoms with Gasteiger partial charge in [-0.05, 0) is 76.0 Å². The number of nitrogens with one attached hydrogen (secondary N) is 1. The first kappa shape index (κ1) is 24.0. The van der Waals surface area contributed by atoms with Crippen LogP contribution in [0.3, 0.4) is 0 Å². The van der Waals surface area contributed by atoms with Crippen LogP contribution in [0.2, 0.25) is 0 Å². The quantitative estimate of drug-likeness (QED) is 0.135. The van der Waals surface area contributed by atoms with Crippen LogP contribution in [0.4, 0.5) is 0 Å². The van der Waals surface area contributed by atoms with Gasteiger partial charge in [-0.2, -0.15) is 0 Å². The van der Waals surface area contributed by atoms with E-state index in [4.69, 9.17) is 4.74 Å². The number of rotatable bonds is 9. The Hall–Kier alpha value is -1.23. The van der Waals surface area contributed by atoms with Crippen LogP contribution in [-0.2, 0) is 4.74 Å². The van der Waals surface area contributed by atoms with Crippen molar-refractivity contribution < 1.29 is 9.84 Å². The Kier molecular flexibility index (Phi) is 9.81. The van der Waals surface area contributed by atoms with E-state index in [9.17, 15) is 5.11 Å². The fraction of sp³-hybridized carbons (Fsp3) is 0.708. The number of aliphatic imine (C=N–C) groups is 1. The zero-order valence-corrected chi connectivity index (χ0v) is 20.2. The molecular formula is C24H39BrN2O2. The van der Waals surface area contributed by atoms with Crippen LogP contribution in [0.25, 0.3) is 0 Å². The van der Waals surface area contributed by atoms with Gasteiger partial charge in [0, 0.05) is 18.9 Å². The summed E-state index contributed by atoms with van der Waals surface area (Å²) in [7, 11) is 1.75. The van der Waals surface area contributed by atoms with E-state index in [1.165, 1.54) is 24.0 Å². The number of allylic oxidation sites excluding steroid dienone is 4. The van der Waals surface area contributed by atoms with Gasteiger partial charge in [-0.15, -0.1) is 0 Å². The van der Waals surface area contributed by atoms with Gasteiger partial charge in [0.15, 0.2) is 0 Å². The van der Waals surface area contributed by atoms with Gasteiger partial charge >= 0.3 is 0 Å². The Labute approximate surface area is 185 Å². The minimum atomic E-state index is -0.483. The van der Waals surface area contributed by atoms with Gasteiger partial charge in [-0.1, -0.05) is 47.3 Å². The first-order valence-corrected chi connectivity index (χ1v) is 12.3. The summed E-state index contributed by atoms with van der Waals surface area (Å²) in [6, 6.07) is 0.553. The largest absolute Gasteiger partial charge is 0.512 e. The van der Waals surface area contributed by atoms with E-state index in [1.54, 1.807) is 7.05 Å². The van der Waals surface area contributed by atoms with E-state index in [0.29, 0.717) is 11.8 Å². The predicted molar refractivity (Wildman–Crippen MR) is 127 cm³/mol. The molecule has 2 rings (SSSR count). The third-order valence-corrected chi connectivity index (χ3v) is 6.83. The van der Waals surface area contributed by atoms with Gasteiger partial charge in [0.2, 0.25) is 0 Å². The molecule has 0 saturated heterocycles. The summed E-state index contributed by atoms with van der Waals surface area (Å²) in [6.07, 6.45) is 15.2. The smallest absolute Gasteiger partial charge is 0.284 e. The molecule has 4 nitrogen and oxygen atoms in total. The van der Waals surface area contributed by atoms with E-state index in [1.807, 2.05) is 6.08 Å². The molecule has 164 valence electrons. The van der Waals surface area contributed by atoms with Crippen LogP contribution < -0.4 is 5.32 Å². The maximum absolute atomic E-state index is 11.2. The average molecular weight is 467 g/mol. The Morgan fingerprint density at radius 3 is 2.79 bits per heavy atom. The van der Waals surface area contributed by atoms with Crippen molar-refractivity contribution in [3.05, 3.63) is 35.1 Å². The first-order valence-electron chi connectivity index (χ1n) is 11.2. The summed E-state index contributed by atoms with van der Waals surface area (Å²) in [6.45, 7) is 7.36. The number of halogens is 1. The highest BCUT2D eigenvalue weighted by Gasteiger charge is 2.47. The molecule has 0 fully saturated rings. The molecule has 2 aliphatic carbocycles. The van der Waals surface area contributed by atoms with Crippen molar-refractivity contribution in [2.75, 3.05) is 18.9 Å². The minimum Gasteiger partial charge on any atom is -0.512 e. The van der Waals surface area contributed by atoms with Crippen LogP contribution in [0.5, 0.6) is 0 Å². The number of aliphatic hydroxyl groups is 1. The maximum atomic E-state index is 11.2. The van der Waals surface area contributed by atoms with Crippen LogP contribution in [-0.4, -0.2) is 36.2 Å². The van der Waals surface area contributed by atoms with Crippen molar-refractivity contribution in [1.82, 2.24) is 5.32 Å². The number of alkyl halides is 1. The lowest BCUT2D eigenvalue weighted by Crippen LogP contribution is -2.46. The standard InChI is InChI=1S/C24H39BrN2O2/c1-5-6-7-11-19-16-21(28)24(3,20-12-8-10-18(2)15-20)22(17-19)29-23(26-4)27-14-9-13-25/h15-17,20,22,28H,5-14H2,1-4H3,(H,26,27)/t20-,22?,24?/m0/s1. The van der Waals surface area contributed by atoms with Crippen molar-refractivity contribution in [2.24, 2.45) is 16.3 Å². The van der Waals surface area contributed by atoms with Crippen LogP contribution in [0, 0.1) is 11.3 Å². The molecule has 0 aromatic carbocycles. The first-order chi connectivity index (χ1) is 13.9. The molecule has 0 aromatic rings. The zero-order chi connectivity index (χ0) is 21.3. The molecule has 2 unspecified atom stereocenters. The molecule has 2 aliphatic rings. The van der Waals surface area contributed by atoms with Gasteiger partial charge in [0.1, 0.15) is 11.9 Å². The average Bonchev–Trinajstić information content (AvgIpc) is 2.71. The van der Waals surface area contributed by atoms with Crippen molar-refractivity contribution in [3.8, 4) is 0 Å². The summed E-state index contributed by atoms with van der Waals surface area (Å²) in [4.78, 5) is 4.33. The van der Waals surface area contributed by atoms with Crippen LogP contribution in [0.15, 0.2) is 40.1 Å². The Morgan fingerprint density at radius 1 is 1.34 bits per heavy atom.